The zero-order valence-corrected chi connectivity index (χ0v) is 18.2. The molecular formula is C20H32IN3O. The van der Waals surface area contributed by atoms with Crippen molar-refractivity contribution < 1.29 is 4.74 Å². The molecule has 1 heterocycles. The van der Waals surface area contributed by atoms with Crippen molar-refractivity contribution in [2.24, 2.45) is 4.99 Å². The fourth-order valence-electron chi connectivity index (χ4n) is 2.69. The topological polar surface area (TPSA) is 36.9 Å². The van der Waals surface area contributed by atoms with Crippen LogP contribution in [0.25, 0.3) is 6.08 Å². The molecule has 0 atom stereocenters. The van der Waals surface area contributed by atoms with Gasteiger partial charge in [0.1, 0.15) is 0 Å². The van der Waals surface area contributed by atoms with E-state index in [0.29, 0.717) is 6.54 Å². The summed E-state index contributed by atoms with van der Waals surface area (Å²) in [5, 5.41) is 3.41. The summed E-state index contributed by atoms with van der Waals surface area (Å²) in [7, 11) is 1.74. The number of ether oxygens (including phenoxy) is 1. The van der Waals surface area contributed by atoms with Gasteiger partial charge in [0, 0.05) is 26.7 Å². The van der Waals surface area contributed by atoms with Crippen LogP contribution in [-0.4, -0.2) is 49.7 Å². The molecule has 1 fully saturated rings. The van der Waals surface area contributed by atoms with E-state index in [1.807, 2.05) is 0 Å². The third-order valence-corrected chi connectivity index (χ3v) is 4.37. The SMILES string of the molecule is CCNC(=NCC(C)(C)OC)N1CCC(=Cc2ccccc2)CC1.I. The quantitative estimate of drug-likeness (QED) is 0.410. The summed E-state index contributed by atoms with van der Waals surface area (Å²) >= 11 is 0. The summed E-state index contributed by atoms with van der Waals surface area (Å²) in [6.07, 6.45) is 4.51. The number of nitrogens with zero attached hydrogens (tertiary/aromatic N) is 2. The fraction of sp³-hybridized carbons (Fsp3) is 0.550. The molecule has 25 heavy (non-hydrogen) atoms. The Bertz CT molecular complexity index is 560. The number of aliphatic imine (C=N–C) groups is 1. The molecule has 0 bridgehead atoms. The molecule has 0 amide bonds. The average molecular weight is 457 g/mol. The van der Waals surface area contributed by atoms with Gasteiger partial charge in [-0.3, -0.25) is 4.99 Å². The van der Waals surface area contributed by atoms with Gasteiger partial charge in [0.2, 0.25) is 0 Å². The van der Waals surface area contributed by atoms with E-state index in [2.05, 4.69) is 67.4 Å². The van der Waals surface area contributed by atoms with Crippen LogP contribution in [0.2, 0.25) is 0 Å². The van der Waals surface area contributed by atoms with E-state index in [9.17, 15) is 0 Å². The first kappa shape index (κ1) is 22.0. The third kappa shape index (κ3) is 7.36. The molecule has 0 aliphatic carbocycles. The minimum atomic E-state index is -0.227. The van der Waals surface area contributed by atoms with E-state index in [-0.39, 0.29) is 29.6 Å². The standard InChI is InChI=1S/C20H31N3O.HI/c1-5-21-19(22-16-20(2,3)24-4)23-13-11-18(12-14-23)15-17-9-7-6-8-10-17;/h6-10,15H,5,11-14,16H2,1-4H3,(H,21,22);1H. The second-order valence-corrected chi connectivity index (χ2v) is 6.83. The van der Waals surface area contributed by atoms with Gasteiger partial charge in [-0.2, -0.15) is 0 Å². The van der Waals surface area contributed by atoms with Crippen LogP contribution in [-0.2, 0) is 4.74 Å². The van der Waals surface area contributed by atoms with Gasteiger partial charge in [-0.1, -0.05) is 42.0 Å². The number of guanidine groups is 1. The minimum Gasteiger partial charge on any atom is -0.377 e. The first-order valence-corrected chi connectivity index (χ1v) is 8.87. The molecule has 1 aliphatic rings. The van der Waals surface area contributed by atoms with Gasteiger partial charge in [0.25, 0.3) is 0 Å². The van der Waals surface area contributed by atoms with E-state index < -0.39 is 0 Å². The van der Waals surface area contributed by atoms with E-state index in [0.717, 1.165) is 38.4 Å². The van der Waals surface area contributed by atoms with Gasteiger partial charge in [0.05, 0.1) is 12.1 Å². The van der Waals surface area contributed by atoms with Crippen LogP contribution in [0.3, 0.4) is 0 Å². The highest BCUT2D eigenvalue weighted by Gasteiger charge is 2.20. The first-order valence-electron chi connectivity index (χ1n) is 8.87. The van der Waals surface area contributed by atoms with Crippen molar-refractivity contribution in [1.82, 2.24) is 10.2 Å². The Labute approximate surface area is 169 Å². The second kappa shape index (κ2) is 10.8. The summed E-state index contributed by atoms with van der Waals surface area (Å²) in [4.78, 5) is 7.13. The molecule has 5 heteroatoms. The van der Waals surface area contributed by atoms with Crippen LogP contribution in [0.4, 0.5) is 0 Å². The molecule has 0 spiro atoms. The zero-order chi connectivity index (χ0) is 17.4. The predicted octanol–water partition coefficient (Wildman–Crippen LogP) is 4.17. The average Bonchev–Trinajstić information content (AvgIpc) is 2.60. The van der Waals surface area contributed by atoms with Gasteiger partial charge in [-0.25, -0.2) is 0 Å². The highest BCUT2D eigenvalue weighted by atomic mass is 127. The molecule has 1 aliphatic heterocycles. The lowest BCUT2D eigenvalue weighted by molar-refractivity contribution is 0.0308. The Balaban J connectivity index is 0.00000312. The molecule has 4 nitrogen and oxygen atoms in total. The molecule has 1 aromatic carbocycles. The minimum absolute atomic E-state index is 0. The molecule has 0 saturated carbocycles. The molecule has 0 radical (unpaired) electrons. The number of piperidine rings is 1. The number of halogens is 1. The number of benzene rings is 1. The highest BCUT2D eigenvalue weighted by Crippen LogP contribution is 2.19. The summed E-state index contributed by atoms with van der Waals surface area (Å²) in [6.45, 7) is 9.82. The Morgan fingerprint density at radius 2 is 1.88 bits per heavy atom. The number of likely N-dealkylation sites (tertiary alicyclic amines) is 1. The van der Waals surface area contributed by atoms with Crippen molar-refractivity contribution in [3.8, 4) is 0 Å². The van der Waals surface area contributed by atoms with Crippen molar-refractivity contribution in [3.05, 3.63) is 41.5 Å². The van der Waals surface area contributed by atoms with Crippen LogP contribution in [0.1, 0.15) is 39.2 Å². The van der Waals surface area contributed by atoms with Crippen molar-refractivity contribution in [3.63, 3.8) is 0 Å². The molecule has 1 aromatic rings. The van der Waals surface area contributed by atoms with Gasteiger partial charge < -0.3 is 15.0 Å². The monoisotopic (exact) mass is 457 g/mol. The normalized spacial score (nSPS) is 15.6. The molecule has 140 valence electrons. The van der Waals surface area contributed by atoms with Gasteiger partial charge >= 0.3 is 0 Å². The highest BCUT2D eigenvalue weighted by molar-refractivity contribution is 14.0. The lowest BCUT2D eigenvalue weighted by Gasteiger charge is -2.32. The van der Waals surface area contributed by atoms with E-state index in [1.54, 1.807) is 7.11 Å². The summed E-state index contributed by atoms with van der Waals surface area (Å²) < 4.78 is 5.47. The summed E-state index contributed by atoms with van der Waals surface area (Å²) in [5.74, 6) is 1.00. The smallest absolute Gasteiger partial charge is 0.194 e. The molecule has 0 aromatic heterocycles. The van der Waals surface area contributed by atoms with Crippen molar-refractivity contribution in [2.45, 2.75) is 39.2 Å². The van der Waals surface area contributed by atoms with Crippen LogP contribution < -0.4 is 5.32 Å². The molecule has 1 saturated heterocycles. The number of rotatable bonds is 5. The summed E-state index contributed by atoms with van der Waals surface area (Å²) in [6, 6.07) is 10.6. The van der Waals surface area contributed by atoms with E-state index >= 15 is 0 Å². The van der Waals surface area contributed by atoms with Crippen molar-refractivity contribution >= 4 is 36.0 Å². The molecular weight excluding hydrogens is 425 g/mol. The van der Waals surface area contributed by atoms with Crippen LogP contribution in [0.15, 0.2) is 40.9 Å². The van der Waals surface area contributed by atoms with Gasteiger partial charge in [0.15, 0.2) is 5.96 Å². The maximum Gasteiger partial charge on any atom is 0.194 e. The van der Waals surface area contributed by atoms with Crippen molar-refractivity contribution in [2.75, 3.05) is 33.3 Å². The number of methoxy groups -OCH3 is 1. The number of nitrogens with one attached hydrogen (secondary N) is 1. The predicted molar refractivity (Wildman–Crippen MR) is 118 cm³/mol. The zero-order valence-electron chi connectivity index (χ0n) is 15.9. The second-order valence-electron chi connectivity index (χ2n) is 6.83. The largest absolute Gasteiger partial charge is 0.377 e. The third-order valence-electron chi connectivity index (χ3n) is 4.37. The van der Waals surface area contributed by atoms with Crippen LogP contribution >= 0.6 is 24.0 Å². The van der Waals surface area contributed by atoms with Crippen LogP contribution in [0.5, 0.6) is 0 Å². The fourth-order valence-corrected chi connectivity index (χ4v) is 2.69. The lowest BCUT2D eigenvalue weighted by Crippen LogP contribution is -2.45. The molecule has 1 N–H and O–H groups in total. The Morgan fingerprint density at radius 3 is 2.44 bits per heavy atom. The number of hydrogen-bond acceptors (Lipinski definition) is 2. The van der Waals surface area contributed by atoms with Crippen molar-refractivity contribution in [1.29, 1.82) is 0 Å². The maximum atomic E-state index is 5.47. The lowest BCUT2D eigenvalue weighted by atomic mass is 10.0. The first-order chi connectivity index (χ1) is 11.5. The maximum absolute atomic E-state index is 5.47. The van der Waals surface area contributed by atoms with Crippen LogP contribution in [0, 0.1) is 0 Å². The van der Waals surface area contributed by atoms with E-state index in [4.69, 9.17) is 9.73 Å². The Hall–Kier alpha value is -1.08. The summed E-state index contributed by atoms with van der Waals surface area (Å²) in [5.41, 5.74) is 2.59. The number of hydrogen-bond donors (Lipinski definition) is 1. The molecule has 2 rings (SSSR count). The molecule has 0 unspecified atom stereocenters. The van der Waals surface area contributed by atoms with Gasteiger partial charge in [-0.05, 0) is 39.2 Å². The Kier molecular flexibility index (Phi) is 9.50. The Morgan fingerprint density at radius 1 is 1.24 bits per heavy atom. The van der Waals surface area contributed by atoms with Gasteiger partial charge in [-0.15, -0.1) is 24.0 Å². The van der Waals surface area contributed by atoms with E-state index in [1.165, 1.54) is 11.1 Å².